The van der Waals surface area contributed by atoms with Gasteiger partial charge < -0.3 is 5.32 Å². The lowest BCUT2D eigenvalue weighted by atomic mass is 10.1. The molecule has 4 N–H and O–H groups in total. The third-order valence-corrected chi connectivity index (χ3v) is 1.29. The summed E-state index contributed by atoms with van der Waals surface area (Å²) in [5.74, 6) is 6.35. The lowest BCUT2D eigenvalue weighted by molar-refractivity contribution is 0.630. The van der Waals surface area contributed by atoms with Crippen molar-refractivity contribution >= 4 is 11.8 Å². The van der Waals surface area contributed by atoms with E-state index in [1.165, 1.54) is 0 Å². The molecule has 0 saturated carbocycles. The predicted octanol–water partition coefficient (Wildman–Crippen LogP) is 0.973. The summed E-state index contributed by atoms with van der Waals surface area (Å²) in [5.41, 5.74) is 2.38. The molecule has 72 valence electrons. The molecule has 0 spiro atoms. The van der Waals surface area contributed by atoms with Crippen LogP contribution in [-0.2, 0) is 0 Å². The number of hydrazine groups is 1. The molecule has 13 heavy (non-hydrogen) atoms. The highest BCUT2D eigenvalue weighted by Gasteiger charge is 2.09. The second-order valence-electron chi connectivity index (χ2n) is 3.78. The Balaban J connectivity index is 2.78. The lowest BCUT2D eigenvalue weighted by Gasteiger charge is -2.21. The molecule has 0 unspecified atom stereocenters. The van der Waals surface area contributed by atoms with Crippen molar-refractivity contribution in [3.63, 3.8) is 0 Å². The molecule has 0 bridgehead atoms. The second-order valence-corrected chi connectivity index (χ2v) is 3.78. The molecule has 0 amide bonds. The van der Waals surface area contributed by atoms with Gasteiger partial charge in [-0.25, -0.2) is 10.8 Å². The van der Waals surface area contributed by atoms with Crippen molar-refractivity contribution in [1.29, 1.82) is 0 Å². The van der Waals surface area contributed by atoms with Gasteiger partial charge in [-0.2, -0.15) is 4.98 Å². The third kappa shape index (κ3) is 3.25. The van der Waals surface area contributed by atoms with Gasteiger partial charge in [0.2, 0.25) is 5.95 Å². The van der Waals surface area contributed by atoms with Crippen LogP contribution in [0.1, 0.15) is 20.8 Å². The standard InChI is InChI=1S/C8H15N5/c1-8(2,3)12-6-4-5-10-7(11-6)13-9/h4-5H,9H2,1-3H3,(H2,10,11,12,13). The van der Waals surface area contributed by atoms with Crippen LogP contribution in [-0.4, -0.2) is 15.5 Å². The van der Waals surface area contributed by atoms with Crippen LogP contribution in [0.5, 0.6) is 0 Å². The van der Waals surface area contributed by atoms with E-state index in [1.807, 2.05) is 0 Å². The molecule has 1 rings (SSSR count). The van der Waals surface area contributed by atoms with Gasteiger partial charge in [0.25, 0.3) is 0 Å². The minimum absolute atomic E-state index is 0.0137. The Labute approximate surface area is 77.7 Å². The maximum absolute atomic E-state index is 5.18. The summed E-state index contributed by atoms with van der Waals surface area (Å²) >= 11 is 0. The Morgan fingerprint density at radius 1 is 1.38 bits per heavy atom. The molecule has 1 heterocycles. The molecule has 0 aliphatic carbocycles. The molecule has 1 aromatic heterocycles. The fourth-order valence-corrected chi connectivity index (χ4v) is 0.882. The number of hydrogen-bond donors (Lipinski definition) is 3. The van der Waals surface area contributed by atoms with Gasteiger partial charge in [0.1, 0.15) is 5.82 Å². The molecule has 0 saturated heterocycles. The van der Waals surface area contributed by atoms with E-state index in [0.717, 1.165) is 5.82 Å². The first-order chi connectivity index (χ1) is 6.01. The molecule has 5 heteroatoms. The molecule has 0 fully saturated rings. The number of rotatable bonds is 2. The van der Waals surface area contributed by atoms with Crippen LogP contribution in [0.3, 0.4) is 0 Å². The van der Waals surface area contributed by atoms with Crippen LogP contribution < -0.4 is 16.6 Å². The number of hydrogen-bond acceptors (Lipinski definition) is 5. The zero-order valence-electron chi connectivity index (χ0n) is 8.13. The van der Waals surface area contributed by atoms with Crippen LogP contribution in [0.25, 0.3) is 0 Å². The van der Waals surface area contributed by atoms with Gasteiger partial charge in [-0.1, -0.05) is 0 Å². The van der Waals surface area contributed by atoms with Crippen molar-refractivity contribution in [3.05, 3.63) is 12.3 Å². The number of nitrogens with one attached hydrogen (secondary N) is 2. The maximum Gasteiger partial charge on any atom is 0.239 e. The van der Waals surface area contributed by atoms with Crippen LogP contribution in [0, 0.1) is 0 Å². The minimum Gasteiger partial charge on any atom is -0.365 e. The first-order valence-electron chi connectivity index (χ1n) is 4.09. The third-order valence-electron chi connectivity index (χ3n) is 1.29. The fourth-order valence-electron chi connectivity index (χ4n) is 0.882. The average Bonchev–Trinajstić information content (AvgIpc) is 2.01. The Morgan fingerprint density at radius 2 is 2.08 bits per heavy atom. The van der Waals surface area contributed by atoms with Gasteiger partial charge in [0, 0.05) is 11.7 Å². The summed E-state index contributed by atoms with van der Waals surface area (Å²) < 4.78 is 0. The summed E-state index contributed by atoms with van der Waals surface area (Å²) in [6, 6.07) is 1.80. The smallest absolute Gasteiger partial charge is 0.239 e. The Kier molecular flexibility index (Phi) is 2.67. The van der Waals surface area contributed by atoms with E-state index in [2.05, 4.69) is 41.5 Å². The van der Waals surface area contributed by atoms with E-state index in [9.17, 15) is 0 Å². The van der Waals surface area contributed by atoms with E-state index < -0.39 is 0 Å². The van der Waals surface area contributed by atoms with Gasteiger partial charge in [-0.3, -0.25) is 5.43 Å². The van der Waals surface area contributed by atoms with Crippen LogP contribution in [0.4, 0.5) is 11.8 Å². The number of aromatic nitrogens is 2. The highest BCUT2D eigenvalue weighted by molar-refractivity contribution is 5.40. The Morgan fingerprint density at radius 3 is 2.62 bits per heavy atom. The van der Waals surface area contributed by atoms with Gasteiger partial charge in [-0.15, -0.1) is 0 Å². The van der Waals surface area contributed by atoms with Gasteiger partial charge in [-0.05, 0) is 26.8 Å². The second kappa shape index (κ2) is 3.57. The number of nitrogens with zero attached hydrogens (tertiary/aromatic N) is 2. The lowest BCUT2D eigenvalue weighted by Crippen LogP contribution is -2.27. The van der Waals surface area contributed by atoms with Crippen molar-refractivity contribution in [3.8, 4) is 0 Å². The summed E-state index contributed by atoms with van der Waals surface area (Å²) in [6.07, 6.45) is 1.65. The Bertz CT molecular complexity index is 278. The summed E-state index contributed by atoms with van der Waals surface area (Å²) in [4.78, 5) is 8.02. The SMILES string of the molecule is CC(C)(C)Nc1ccnc(NN)n1. The van der Waals surface area contributed by atoms with E-state index in [-0.39, 0.29) is 5.54 Å². The van der Waals surface area contributed by atoms with E-state index in [4.69, 9.17) is 5.84 Å². The largest absolute Gasteiger partial charge is 0.365 e. The quantitative estimate of drug-likeness (QED) is 0.468. The molecule has 0 radical (unpaired) electrons. The molecule has 1 aromatic rings. The number of nitrogens with two attached hydrogens (primary N) is 1. The Hall–Kier alpha value is -1.36. The monoisotopic (exact) mass is 181 g/mol. The average molecular weight is 181 g/mol. The van der Waals surface area contributed by atoms with Crippen LogP contribution >= 0.6 is 0 Å². The number of nitrogen functional groups attached to an aromatic ring is 1. The van der Waals surface area contributed by atoms with Crippen LogP contribution in [0.2, 0.25) is 0 Å². The van der Waals surface area contributed by atoms with Gasteiger partial charge >= 0.3 is 0 Å². The van der Waals surface area contributed by atoms with Gasteiger partial charge in [0.05, 0.1) is 0 Å². The van der Waals surface area contributed by atoms with Crippen molar-refractivity contribution < 1.29 is 0 Å². The molecular formula is C8H15N5. The molecule has 0 aliphatic heterocycles. The predicted molar refractivity (Wildman–Crippen MR) is 53.2 cm³/mol. The van der Waals surface area contributed by atoms with E-state index >= 15 is 0 Å². The van der Waals surface area contributed by atoms with E-state index in [1.54, 1.807) is 12.3 Å². The molecule has 5 nitrogen and oxygen atoms in total. The van der Waals surface area contributed by atoms with E-state index in [0.29, 0.717) is 5.95 Å². The van der Waals surface area contributed by atoms with Crippen molar-refractivity contribution in [1.82, 2.24) is 9.97 Å². The highest BCUT2D eigenvalue weighted by atomic mass is 15.3. The number of anilines is 2. The van der Waals surface area contributed by atoms with Crippen LogP contribution in [0.15, 0.2) is 12.3 Å². The van der Waals surface area contributed by atoms with Crippen molar-refractivity contribution in [2.45, 2.75) is 26.3 Å². The first-order valence-corrected chi connectivity index (χ1v) is 4.09. The summed E-state index contributed by atoms with van der Waals surface area (Å²) in [7, 11) is 0. The molecule has 0 aromatic carbocycles. The van der Waals surface area contributed by atoms with Gasteiger partial charge in [0.15, 0.2) is 0 Å². The fraction of sp³-hybridized carbons (Fsp3) is 0.500. The van der Waals surface area contributed by atoms with Crippen molar-refractivity contribution in [2.24, 2.45) is 5.84 Å². The first kappa shape index (κ1) is 9.73. The van der Waals surface area contributed by atoms with Crippen molar-refractivity contribution in [2.75, 3.05) is 10.7 Å². The summed E-state index contributed by atoms with van der Waals surface area (Å²) in [6.45, 7) is 6.18. The zero-order chi connectivity index (χ0) is 9.90. The maximum atomic E-state index is 5.18. The normalized spacial score (nSPS) is 11.1. The topological polar surface area (TPSA) is 75.9 Å². The zero-order valence-corrected chi connectivity index (χ0v) is 8.13. The highest BCUT2D eigenvalue weighted by Crippen LogP contribution is 2.11. The summed E-state index contributed by atoms with van der Waals surface area (Å²) in [5, 5.41) is 3.21. The molecule has 0 atom stereocenters. The molecule has 0 aliphatic rings. The minimum atomic E-state index is -0.0137. The molecular weight excluding hydrogens is 166 g/mol.